The molecule has 0 radical (unpaired) electrons. The Morgan fingerprint density at radius 3 is 2.12 bits per heavy atom. The topological polar surface area (TPSA) is 32.3 Å². The molecule has 0 heterocycles. The van der Waals surface area contributed by atoms with Crippen molar-refractivity contribution in [1.82, 2.24) is 0 Å². The Balaban J connectivity index is 2.58. The Morgan fingerprint density at radius 2 is 1.69 bits per heavy atom. The van der Waals surface area contributed by atoms with Crippen LogP contribution in [0.3, 0.4) is 0 Å². The van der Waals surface area contributed by atoms with Gasteiger partial charge in [0, 0.05) is 17.6 Å². The molecule has 90 valence electrons. The zero-order chi connectivity index (χ0) is 12.0. The van der Waals surface area contributed by atoms with E-state index >= 15 is 0 Å². The second kappa shape index (κ2) is 5.90. The molecule has 0 aliphatic heterocycles. The van der Waals surface area contributed by atoms with Crippen LogP contribution >= 0.6 is 0 Å². The first-order chi connectivity index (χ1) is 7.65. The van der Waals surface area contributed by atoms with Crippen molar-refractivity contribution < 1.29 is 5.11 Å². The van der Waals surface area contributed by atoms with Gasteiger partial charge in [0.2, 0.25) is 0 Å². The minimum atomic E-state index is 0.0187. The average molecular weight is 221 g/mol. The molecule has 2 nitrogen and oxygen atoms in total. The highest BCUT2D eigenvalue weighted by Crippen LogP contribution is 2.26. The molecule has 0 fully saturated rings. The molecule has 0 unspecified atom stereocenters. The third kappa shape index (κ3) is 3.24. The molecule has 1 rings (SSSR count). The van der Waals surface area contributed by atoms with E-state index in [0.29, 0.717) is 0 Å². The van der Waals surface area contributed by atoms with E-state index in [1.807, 2.05) is 0 Å². The van der Waals surface area contributed by atoms with Crippen molar-refractivity contribution in [1.29, 1.82) is 0 Å². The molecule has 16 heavy (non-hydrogen) atoms. The normalized spacial score (nSPS) is 11.5. The molecule has 0 aliphatic rings. The molecule has 2 N–H and O–H groups in total. The van der Waals surface area contributed by atoms with Crippen LogP contribution in [0.4, 0.5) is 5.69 Å². The Labute approximate surface area is 98.7 Å². The molecule has 0 bridgehead atoms. The molecule has 0 aromatic heterocycles. The van der Waals surface area contributed by atoms with Gasteiger partial charge in [-0.15, -0.1) is 0 Å². The molecule has 0 atom stereocenters. The SMILES string of the molecule is CCC(CC)(CO)CNc1ccc(C)cc1. The van der Waals surface area contributed by atoms with E-state index in [2.05, 4.69) is 50.4 Å². The van der Waals surface area contributed by atoms with Gasteiger partial charge < -0.3 is 10.4 Å². The minimum Gasteiger partial charge on any atom is -0.396 e. The quantitative estimate of drug-likeness (QED) is 0.773. The molecule has 0 saturated carbocycles. The van der Waals surface area contributed by atoms with Crippen LogP contribution in [-0.2, 0) is 0 Å². The van der Waals surface area contributed by atoms with Gasteiger partial charge in [-0.2, -0.15) is 0 Å². The molecule has 0 saturated heterocycles. The number of rotatable bonds is 6. The van der Waals surface area contributed by atoms with Crippen molar-refractivity contribution >= 4 is 5.69 Å². The van der Waals surface area contributed by atoms with Crippen LogP contribution in [0.5, 0.6) is 0 Å². The average Bonchev–Trinajstić information content (AvgIpc) is 2.34. The van der Waals surface area contributed by atoms with E-state index < -0.39 is 0 Å². The lowest BCUT2D eigenvalue weighted by Crippen LogP contribution is -2.32. The van der Waals surface area contributed by atoms with Crippen LogP contribution in [0.1, 0.15) is 32.3 Å². The van der Waals surface area contributed by atoms with E-state index in [-0.39, 0.29) is 12.0 Å². The lowest BCUT2D eigenvalue weighted by Gasteiger charge is -2.30. The van der Waals surface area contributed by atoms with Crippen LogP contribution in [0.2, 0.25) is 0 Å². The highest BCUT2D eigenvalue weighted by molar-refractivity contribution is 5.44. The molecule has 2 heteroatoms. The second-order valence-corrected chi connectivity index (χ2v) is 4.58. The molecule has 1 aromatic carbocycles. The number of hydrogen-bond donors (Lipinski definition) is 2. The van der Waals surface area contributed by atoms with Crippen molar-refractivity contribution in [2.75, 3.05) is 18.5 Å². The van der Waals surface area contributed by atoms with Crippen molar-refractivity contribution in [3.8, 4) is 0 Å². The largest absolute Gasteiger partial charge is 0.396 e. The fourth-order valence-corrected chi connectivity index (χ4v) is 1.74. The summed E-state index contributed by atoms with van der Waals surface area (Å²) in [6, 6.07) is 8.37. The summed E-state index contributed by atoms with van der Waals surface area (Å²) in [5, 5.41) is 12.9. The lowest BCUT2D eigenvalue weighted by atomic mass is 9.83. The Hall–Kier alpha value is -1.02. The summed E-state index contributed by atoms with van der Waals surface area (Å²) in [6.07, 6.45) is 2.00. The first kappa shape index (κ1) is 13.0. The van der Waals surface area contributed by atoms with Gasteiger partial charge in [-0.05, 0) is 31.9 Å². The zero-order valence-electron chi connectivity index (χ0n) is 10.6. The summed E-state index contributed by atoms with van der Waals surface area (Å²) < 4.78 is 0. The lowest BCUT2D eigenvalue weighted by molar-refractivity contribution is 0.127. The number of anilines is 1. The van der Waals surface area contributed by atoms with E-state index in [1.54, 1.807) is 0 Å². The van der Waals surface area contributed by atoms with Gasteiger partial charge in [0.1, 0.15) is 0 Å². The molecule has 0 spiro atoms. The number of hydrogen-bond acceptors (Lipinski definition) is 2. The van der Waals surface area contributed by atoms with Crippen LogP contribution < -0.4 is 5.32 Å². The summed E-state index contributed by atoms with van der Waals surface area (Å²) in [6.45, 7) is 7.44. The number of aliphatic hydroxyl groups excluding tert-OH is 1. The maximum absolute atomic E-state index is 9.46. The molecular weight excluding hydrogens is 198 g/mol. The fraction of sp³-hybridized carbons (Fsp3) is 0.571. The fourth-order valence-electron chi connectivity index (χ4n) is 1.74. The van der Waals surface area contributed by atoms with Crippen molar-refractivity contribution in [3.05, 3.63) is 29.8 Å². The van der Waals surface area contributed by atoms with Crippen LogP contribution in [-0.4, -0.2) is 18.3 Å². The summed E-state index contributed by atoms with van der Waals surface area (Å²) in [5.74, 6) is 0. The van der Waals surface area contributed by atoms with Gasteiger partial charge in [0.25, 0.3) is 0 Å². The first-order valence-electron chi connectivity index (χ1n) is 6.07. The Bertz CT molecular complexity index is 293. The van der Waals surface area contributed by atoms with Crippen molar-refractivity contribution in [2.24, 2.45) is 5.41 Å². The van der Waals surface area contributed by atoms with Gasteiger partial charge in [-0.3, -0.25) is 0 Å². The molecule has 0 amide bonds. The number of aliphatic hydroxyl groups is 1. The maximum atomic E-state index is 9.46. The molecule has 0 aliphatic carbocycles. The van der Waals surface area contributed by atoms with Crippen LogP contribution in [0.25, 0.3) is 0 Å². The second-order valence-electron chi connectivity index (χ2n) is 4.58. The van der Waals surface area contributed by atoms with Gasteiger partial charge in [0.05, 0.1) is 6.61 Å². The van der Waals surface area contributed by atoms with Gasteiger partial charge in [-0.1, -0.05) is 31.5 Å². The summed E-state index contributed by atoms with van der Waals surface area (Å²) in [4.78, 5) is 0. The van der Waals surface area contributed by atoms with Gasteiger partial charge in [-0.25, -0.2) is 0 Å². The Morgan fingerprint density at radius 1 is 1.12 bits per heavy atom. The number of benzene rings is 1. The van der Waals surface area contributed by atoms with E-state index in [9.17, 15) is 5.11 Å². The number of aryl methyl sites for hydroxylation is 1. The molecular formula is C14H23NO. The van der Waals surface area contributed by atoms with Crippen LogP contribution in [0.15, 0.2) is 24.3 Å². The highest BCUT2D eigenvalue weighted by Gasteiger charge is 2.24. The zero-order valence-corrected chi connectivity index (χ0v) is 10.6. The van der Waals surface area contributed by atoms with E-state index in [1.165, 1.54) is 5.56 Å². The van der Waals surface area contributed by atoms with E-state index in [0.717, 1.165) is 25.1 Å². The third-order valence-electron chi connectivity index (χ3n) is 3.55. The summed E-state index contributed by atoms with van der Waals surface area (Å²) in [7, 11) is 0. The minimum absolute atomic E-state index is 0.0187. The Kier molecular flexibility index (Phi) is 4.81. The maximum Gasteiger partial charge on any atom is 0.0504 e. The smallest absolute Gasteiger partial charge is 0.0504 e. The number of nitrogens with one attached hydrogen (secondary N) is 1. The van der Waals surface area contributed by atoms with Crippen molar-refractivity contribution in [3.63, 3.8) is 0 Å². The predicted octanol–water partition coefficient (Wildman–Crippen LogP) is 3.21. The highest BCUT2D eigenvalue weighted by atomic mass is 16.3. The monoisotopic (exact) mass is 221 g/mol. The van der Waals surface area contributed by atoms with Gasteiger partial charge in [0.15, 0.2) is 0 Å². The summed E-state index contributed by atoms with van der Waals surface area (Å²) in [5.41, 5.74) is 2.42. The summed E-state index contributed by atoms with van der Waals surface area (Å²) >= 11 is 0. The van der Waals surface area contributed by atoms with E-state index in [4.69, 9.17) is 0 Å². The molecule has 1 aromatic rings. The van der Waals surface area contributed by atoms with Crippen LogP contribution in [0, 0.1) is 12.3 Å². The third-order valence-corrected chi connectivity index (χ3v) is 3.55. The van der Waals surface area contributed by atoms with Crippen molar-refractivity contribution in [2.45, 2.75) is 33.6 Å². The predicted molar refractivity (Wildman–Crippen MR) is 69.8 cm³/mol. The standard InChI is InChI=1S/C14H23NO/c1-4-14(5-2,11-16)10-15-13-8-6-12(3)7-9-13/h6-9,15-16H,4-5,10-11H2,1-3H3. The van der Waals surface area contributed by atoms with Gasteiger partial charge >= 0.3 is 0 Å². The first-order valence-corrected chi connectivity index (χ1v) is 6.07.